The third kappa shape index (κ3) is 4.96. The summed E-state index contributed by atoms with van der Waals surface area (Å²) in [5, 5.41) is 8.06. The van der Waals surface area contributed by atoms with E-state index in [1.165, 1.54) is 0 Å². The number of carboxylic acid groups (broad SMARTS) is 1. The first-order valence-corrected chi connectivity index (χ1v) is 2.60. The first kappa shape index (κ1) is 8.10. The molecule has 0 heterocycles. The zero-order chi connectivity index (χ0) is 7.28. The van der Waals surface area contributed by atoms with Crippen molar-refractivity contribution in [3.63, 3.8) is 0 Å². The van der Waals surface area contributed by atoms with Crippen LogP contribution >= 0.6 is 0 Å². The van der Waals surface area contributed by atoms with Gasteiger partial charge in [-0.1, -0.05) is 0 Å². The highest BCUT2D eigenvalue weighted by molar-refractivity contribution is 5.83. The molecular weight excluding hydrogens is 123 g/mol. The second kappa shape index (κ2) is 4.03. The van der Waals surface area contributed by atoms with Crippen molar-refractivity contribution >= 4 is 11.8 Å². The molecule has 0 aromatic rings. The van der Waals surface area contributed by atoms with Crippen LogP contribution in [-0.2, 0) is 9.59 Å². The molecule has 0 radical (unpaired) electrons. The quantitative estimate of drug-likeness (QED) is 0.499. The van der Waals surface area contributed by atoms with Gasteiger partial charge < -0.3 is 10.8 Å². The molecule has 0 spiro atoms. The molecule has 0 rings (SSSR count). The highest BCUT2D eigenvalue weighted by atomic mass is 16.4. The normalized spacial score (nSPS) is 9.00. The van der Waals surface area contributed by atoms with Gasteiger partial charge in [-0.2, -0.15) is 0 Å². The van der Waals surface area contributed by atoms with Crippen molar-refractivity contribution in [3.8, 4) is 0 Å². The van der Waals surface area contributed by atoms with Crippen LogP contribution in [0.25, 0.3) is 0 Å². The molecular formula is C5H9NO3. The number of ketones is 1. The van der Waals surface area contributed by atoms with Crippen LogP contribution in [-0.4, -0.2) is 23.4 Å². The van der Waals surface area contributed by atoms with Crippen molar-refractivity contribution in [2.75, 3.05) is 6.54 Å². The van der Waals surface area contributed by atoms with Crippen molar-refractivity contribution < 1.29 is 14.7 Å². The number of hydrogen-bond donors (Lipinski definition) is 2. The maximum atomic E-state index is 10.3. The van der Waals surface area contributed by atoms with E-state index >= 15 is 0 Å². The summed E-state index contributed by atoms with van der Waals surface area (Å²) in [5.41, 5.74) is 4.92. The van der Waals surface area contributed by atoms with Gasteiger partial charge in [0.05, 0.1) is 13.0 Å². The minimum atomic E-state index is -0.961. The van der Waals surface area contributed by atoms with Gasteiger partial charge in [-0.05, 0) is 0 Å². The molecule has 4 heteroatoms. The first-order valence-electron chi connectivity index (χ1n) is 2.60. The molecule has 0 saturated carbocycles. The summed E-state index contributed by atoms with van der Waals surface area (Å²) in [6, 6.07) is 0. The fraction of sp³-hybridized carbons (Fsp3) is 0.600. The molecule has 0 bridgehead atoms. The summed E-state index contributed by atoms with van der Waals surface area (Å²) in [7, 11) is 0. The van der Waals surface area contributed by atoms with Crippen LogP contribution < -0.4 is 5.73 Å². The Bertz CT molecular complexity index is 121. The van der Waals surface area contributed by atoms with E-state index in [0.29, 0.717) is 0 Å². The van der Waals surface area contributed by atoms with Crippen LogP contribution in [0.3, 0.4) is 0 Å². The van der Waals surface area contributed by atoms with Gasteiger partial charge in [0.1, 0.15) is 5.78 Å². The predicted octanol–water partition coefficient (Wildman–Crippen LogP) is -0.621. The van der Waals surface area contributed by atoms with Gasteiger partial charge in [0.15, 0.2) is 0 Å². The lowest BCUT2D eigenvalue weighted by Crippen LogP contribution is -2.14. The van der Waals surface area contributed by atoms with Crippen molar-refractivity contribution in [1.29, 1.82) is 0 Å². The third-order valence-electron chi connectivity index (χ3n) is 0.845. The molecule has 4 nitrogen and oxygen atoms in total. The average molecular weight is 132 g/mol. The Morgan fingerprint density at radius 3 is 2.22 bits per heavy atom. The van der Waals surface area contributed by atoms with Crippen LogP contribution in [0.1, 0.15) is 12.8 Å². The summed E-state index contributed by atoms with van der Waals surface area (Å²) < 4.78 is 0. The molecule has 0 fully saturated rings. The number of Topliss-reactive ketones (excluding diaryl/α,β-unsaturated/α-hetero) is 1. The van der Waals surface area contributed by atoms with Crippen LogP contribution in [0, 0.1) is 0 Å². The maximum absolute atomic E-state index is 10.3. The van der Waals surface area contributed by atoms with Gasteiger partial charge in [0, 0.05) is 6.42 Å². The minimum Gasteiger partial charge on any atom is -0.481 e. The number of nitrogens with two attached hydrogens (primary N) is 1. The van der Waals surface area contributed by atoms with E-state index in [4.69, 9.17) is 10.8 Å². The van der Waals surface area contributed by atoms with Crippen molar-refractivity contribution in [3.05, 3.63) is 0 Å². The standard InChI is InChI=1S/C5H9NO3/c6-3-4(7)1-2-5(8)9/h1-3,6H2,(H,8,9)/i4+1. The topological polar surface area (TPSA) is 80.4 Å². The fourth-order valence-electron chi connectivity index (χ4n) is 0.348. The third-order valence-corrected chi connectivity index (χ3v) is 0.845. The maximum Gasteiger partial charge on any atom is 0.303 e. The number of carbonyl (C=O) groups is 2. The predicted molar refractivity (Wildman–Crippen MR) is 30.9 cm³/mol. The Morgan fingerprint density at radius 1 is 1.33 bits per heavy atom. The van der Waals surface area contributed by atoms with Gasteiger partial charge in [-0.3, -0.25) is 9.59 Å². The first-order chi connectivity index (χ1) is 4.16. The molecule has 0 aromatic carbocycles. The molecule has 0 amide bonds. The Hall–Kier alpha value is -0.900. The highest BCUT2D eigenvalue weighted by Crippen LogP contribution is 1.87. The average Bonchev–Trinajstić information content (AvgIpc) is 1.83. The summed E-state index contributed by atoms with van der Waals surface area (Å²) in [4.78, 5) is 20.2. The van der Waals surface area contributed by atoms with E-state index in [-0.39, 0.29) is 25.2 Å². The zero-order valence-electron chi connectivity index (χ0n) is 4.96. The SMILES string of the molecule is NC[13C](=O)CCC(=O)O. The molecule has 3 N–H and O–H groups in total. The second-order valence-electron chi connectivity index (χ2n) is 1.64. The van der Waals surface area contributed by atoms with E-state index in [0.717, 1.165) is 0 Å². The lowest BCUT2D eigenvalue weighted by atomic mass is 10.4. The number of carboxylic acids is 1. The molecule has 0 aromatic heterocycles. The largest absolute Gasteiger partial charge is 0.481 e. The van der Waals surface area contributed by atoms with Gasteiger partial charge in [-0.25, -0.2) is 0 Å². The number of hydrogen-bond acceptors (Lipinski definition) is 3. The number of carbonyl (C=O) groups excluding carboxylic acids is 1. The minimum absolute atomic E-state index is 0.0475. The number of rotatable bonds is 4. The zero-order valence-corrected chi connectivity index (χ0v) is 4.96. The monoisotopic (exact) mass is 132 g/mol. The van der Waals surface area contributed by atoms with Crippen LogP contribution in [0.5, 0.6) is 0 Å². The number of aliphatic carboxylic acids is 1. The Kier molecular flexibility index (Phi) is 3.62. The Labute approximate surface area is 52.7 Å². The summed E-state index contributed by atoms with van der Waals surface area (Å²) in [6.07, 6.45) is -0.0676. The molecule has 52 valence electrons. The smallest absolute Gasteiger partial charge is 0.303 e. The van der Waals surface area contributed by atoms with Crippen molar-refractivity contribution in [1.82, 2.24) is 0 Å². The van der Waals surface area contributed by atoms with Gasteiger partial charge in [0.2, 0.25) is 0 Å². The van der Waals surface area contributed by atoms with E-state index in [9.17, 15) is 9.59 Å². The second-order valence-corrected chi connectivity index (χ2v) is 1.64. The van der Waals surface area contributed by atoms with Gasteiger partial charge in [-0.15, -0.1) is 0 Å². The molecule has 0 saturated heterocycles. The van der Waals surface area contributed by atoms with Crippen LogP contribution in [0.4, 0.5) is 0 Å². The van der Waals surface area contributed by atoms with Crippen molar-refractivity contribution in [2.24, 2.45) is 5.73 Å². The molecule has 0 atom stereocenters. The summed E-state index contributed by atoms with van der Waals surface area (Å²) in [5.74, 6) is -1.17. The molecule has 0 aliphatic rings. The summed E-state index contributed by atoms with van der Waals surface area (Å²) in [6.45, 7) is -0.0622. The van der Waals surface area contributed by atoms with Gasteiger partial charge >= 0.3 is 5.97 Å². The summed E-state index contributed by atoms with van der Waals surface area (Å²) >= 11 is 0. The fourth-order valence-corrected chi connectivity index (χ4v) is 0.348. The molecule has 0 aliphatic carbocycles. The van der Waals surface area contributed by atoms with Crippen molar-refractivity contribution in [2.45, 2.75) is 12.8 Å². The molecule has 0 unspecified atom stereocenters. The Morgan fingerprint density at radius 2 is 1.89 bits per heavy atom. The molecule has 9 heavy (non-hydrogen) atoms. The van der Waals surface area contributed by atoms with E-state index in [1.54, 1.807) is 0 Å². The van der Waals surface area contributed by atoms with E-state index in [1.807, 2.05) is 0 Å². The van der Waals surface area contributed by atoms with E-state index < -0.39 is 5.97 Å². The lowest BCUT2D eigenvalue weighted by Gasteiger charge is -1.90. The van der Waals surface area contributed by atoms with E-state index in [2.05, 4.69) is 0 Å². The lowest BCUT2D eigenvalue weighted by molar-refractivity contribution is -0.138. The Balaban J connectivity index is 3.28. The molecule has 0 aliphatic heterocycles. The highest BCUT2D eigenvalue weighted by Gasteiger charge is 2.01. The van der Waals surface area contributed by atoms with Crippen LogP contribution in [0.2, 0.25) is 0 Å². The van der Waals surface area contributed by atoms with Crippen LogP contribution in [0.15, 0.2) is 0 Å². The van der Waals surface area contributed by atoms with Gasteiger partial charge in [0.25, 0.3) is 0 Å².